The average molecular weight is 315 g/mol. The van der Waals surface area contributed by atoms with E-state index in [4.69, 9.17) is 16.3 Å². The Morgan fingerprint density at radius 2 is 2.29 bits per heavy atom. The van der Waals surface area contributed by atoms with Gasteiger partial charge >= 0.3 is 0 Å². The Kier molecular flexibility index (Phi) is 8.04. The lowest BCUT2D eigenvalue weighted by atomic mass is 10.4. The molecule has 21 heavy (non-hydrogen) atoms. The topological polar surface area (TPSA) is 59.4 Å². The van der Waals surface area contributed by atoms with Crippen LogP contribution < -0.4 is 10.9 Å². The number of anilines is 1. The summed E-state index contributed by atoms with van der Waals surface area (Å²) < 4.78 is 6.74. The van der Waals surface area contributed by atoms with Crippen LogP contribution in [0.3, 0.4) is 0 Å². The average Bonchev–Trinajstić information content (AvgIpc) is 2.45. The molecule has 0 spiro atoms. The fraction of sp³-hybridized carbons (Fsp3) is 0.571. The summed E-state index contributed by atoms with van der Waals surface area (Å²) in [6, 6.07) is 0. The molecule has 0 radical (unpaired) electrons. The minimum Gasteiger partial charge on any atom is -0.380 e. The van der Waals surface area contributed by atoms with Crippen LogP contribution in [0.25, 0.3) is 0 Å². The summed E-state index contributed by atoms with van der Waals surface area (Å²) >= 11 is 6.07. The Hall–Kier alpha value is -1.37. The predicted octanol–water partition coefficient (Wildman–Crippen LogP) is 1.46. The molecule has 1 aromatic heterocycles. The first kappa shape index (κ1) is 17.7. The molecule has 0 aromatic carbocycles. The fourth-order valence-corrected chi connectivity index (χ4v) is 1.78. The van der Waals surface area contributed by atoms with Crippen molar-refractivity contribution < 1.29 is 4.74 Å². The molecule has 1 rings (SSSR count). The van der Waals surface area contributed by atoms with E-state index in [1.54, 1.807) is 6.20 Å². The van der Waals surface area contributed by atoms with Crippen LogP contribution >= 0.6 is 11.6 Å². The number of nitrogens with one attached hydrogen (secondary N) is 1. The molecule has 1 N–H and O–H groups in total. The minimum atomic E-state index is -0.281. The number of aromatic nitrogens is 2. The predicted molar refractivity (Wildman–Crippen MR) is 86.2 cm³/mol. The zero-order valence-electron chi connectivity index (χ0n) is 12.6. The van der Waals surface area contributed by atoms with E-state index in [1.165, 1.54) is 4.68 Å². The molecule has 6 nitrogen and oxygen atoms in total. The lowest BCUT2D eigenvalue weighted by molar-refractivity contribution is 0.149. The first-order valence-electron chi connectivity index (χ1n) is 6.89. The Morgan fingerprint density at radius 1 is 1.52 bits per heavy atom. The molecule has 0 unspecified atom stereocenters. The zero-order chi connectivity index (χ0) is 15.7. The Balaban J connectivity index is 2.51. The molecule has 7 heteroatoms. The molecule has 0 saturated carbocycles. The third kappa shape index (κ3) is 6.29. The summed E-state index contributed by atoms with van der Waals surface area (Å²) in [4.78, 5) is 14.0. The molecule has 0 fully saturated rings. The summed E-state index contributed by atoms with van der Waals surface area (Å²) in [5.41, 5.74) is 0.256. The zero-order valence-corrected chi connectivity index (χ0v) is 13.4. The second-order valence-electron chi connectivity index (χ2n) is 4.82. The lowest BCUT2D eigenvalue weighted by Crippen LogP contribution is -2.29. The number of halogens is 1. The summed E-state index contributed by atoms with van der Waals surface area (Å²) in [6.07, 6.45) is 4.20. The third-order valence-corrected chi connectivity index (χ3v) is 3.14. The number of likely N-dealkylation sites (N-methyl/N-ethyl adjacent to an activating group) is 1. The number of nitrogens with zero attached hydrogens (tertiary/aromatic N) is 3. The van der Waals surface area contributed by atoms with Gasteiger partial charge in [-0.1, -0.05) is 17.7 Å². The van der Waals surface area contributed by atoms with Crippen LogP contribution in [0.15, 0.2) is 23.6 Å². The maximum Gasteiger partial charge on any atom is 0.287 e. The van der Waals surface area contributed by atoms with E-state index in [9.17, 15) is 4.79 Å². The van der Waals surface area contributed by atoms with Crippen molar-refractivity contribution in [2.75, 3.05) is 45.7 Å². The standard InChI is InChI=1S/C14H23ClN4O2/c1-4-5-9-21-10-6-16-12-11-17-19(8-7-18(2)3)14(20)13(12)15/h4,11,16H,1,5-10H2,2-3H3. The van der Waals surface area contributed by atoms with Crippen LogP contribution in [0.5, 0.6) is 0 Å². The van der Waals surface area contributed by atoms with Crippen LogP contribution in [-0.4, -0.2) is 55.1 Å². The van der Waals surface area contributed by atoms with Gasteiger partial charge in [-0.15, -0.1) is 6.58 Å². The molecular formula is C14H23ClN4O2. The summed E-state index contributed by atoms with van der Waals surface area (Å²) in [5.74, 6) is 0. The summed E-state index contributed by atoms with van der Waals surface area (Å²) in [6.45, 7) is 6.61. The molecule has 118 valence electrons. The second kappa shape index (κ2) is 9.55. The van der Waals surface area contributed by atoms with Crippen molar-refractivity contribution in [3.05, 3.63) is 34.2 Å². The van der Waals surface area contributed by atoms with Crippen LogP contribution in [-0.2, 0) is 11.3 Å². The van der Waals surface area contributed by atoms with Crippen LogP contribution in [0.1, 0.15) is 6.42 Å². The Morgan fingerprint density at radius 3 is 2.95 bits per heavy atom. The number of rotatable bonds is 10. The summed E-state index contributed by atoms with van der Waals surface area (Å²) in [7, 11) is 3.88. The van der Waals surface area contributed by atoms with E-state index in [2.05, 4.69) is 17.0 Å². The number of hydrogen-bond donors (Lipinski definition) is 1. The summed E-state index contributed by atoms with van der Waals surface area (Å²) in [5, 5.41) is 7.33. The maximum absolute atomic E-state index is 12.0. The highest BCUT2D eigenvalue weighted by molar-refractivity contribution is 6.32. The van der Waals surface area contributed by atoms with Crippen molar-refractivity contribution in [3.8, 4) is 0 Å². The van der Waals surface area contributed by atoms with Gasteiger partial charge in [-0.05, 0) is 20.5 Å². The molecule has 0 aliphatic carbocycles. The van der Waals surface area contributed by atoms with Crippen molar-refractivity contribution in [1.82, 2.24) is 14.7 Å². The first-order valence-corrected chi connectivity index (χ1v) is 7.27. The fourth-order valence-electron chi connectivity index (χ4n) is 1.57. The Labute approximate surface area is 130 Å². The smallest absolute Gasteiger partial charge is 0.287 e. The van der Waals surface area contributed by atoms with Gasteiger partial charge in [0.1, 0.15) is 5.02 Å². The van der Waals surface area contributed by atoms with E-state index in [0.29, 0.717) is 32.0 Å². The van der Waals surface area contributed by atoms with Crippen LogP contribution in [0.4, 0.5) is 5.69 Å². The highest BCUT2D eigenvalue weighted by Crippen LogP contribution is 2.14. The van der Waals surface area contributed by atoms with E-state index in [0.717, 1.165) is 13.0 Å². The van der Waals surface area contributed by atoms with Gasteiger partial charge < -0.3 is 15.0 Å². The van der Waals surface area contributed by atoms with E-state index < -0.39 is 0 Å². The van der Waals surface area contributed by atoms with Crippen molar-refractivity contribution in [2.45, 2.75) is 13.0 Å². The largest absolute Gasteiger partial charge is 0.380 e. The molecule has 0 amide bonds. The SMILES string of the molecule is C=CCCOCCNc1cnn(CCN(C)C)c(=O)c1Cl. The monoisotopic (exact) mass is 314 g/mol. The van der Waals surface area contributed by atoms with Crippen molar-refractivity contribution in [2.24, 2.45) is 0 Å². The van der Waals surface area contributed by atoms with Gasteiger partial charge in [-0.25, -0.2) is 4.68 Å². The van der Waals surface area contributed by atoms with Gasteiger partial charge in [0.2, 0.25) is 0 Å². The van der Waals surface area contributed by atoms with Gasteiger partial charge in [0, 0.05) is 13.1 Å². The highest BCUT2D eigenvalue weighted by Gasteiger charge is 2.08. The number of ether oxygens (including phenoxy) is 1. The van der Waals surface area contributed by atoms with E-state index in [-0.39, 0.29) is 10.6 Å². The van der Waals surface area contributed by atoms with Crippen LogP contribution in [0, 0.1) is 0 Å². The molecular weight excluding hydrogens is 292 g/mol. The molecule has 0 aliphatic rings. The second-order valence-corrected chi connectivity index (χ2v) is 5.20. The third-order valence-electron chi connectivity index (χ3n) is 2.77. The molecule has 0 aliphatic heterocycles. The van der Waals surface area contributed by atoms with Gasteiger partial charge in [-0.3, -0.25) is 4.79 Å². The van der Waals surface area contributed by atoms with E-state index in [1.807, 2.05) is 25.1 Å². The van der Waals surface area contributed by atoms with Gasteiger partial charge in [0.25, 0.3) is 5.56 Å². The highest BCUT2D eigenvalue weighted by atomic mass is 35.5. The van der Waals surface area contributed by atoms with Gasteiger partial charge in [0.15, 0.2) is 0 Å². The van der Waals surface area contributed by atoms with Crippen molar-refractivity contribution in [3.63, 3.8) is 0 Å². The van der Waals surface area contributed by atoms with Gasteiger partial charge in [-0.2, -0.15) is 5.10 Å². The minimum absolute atomic E-state index is 0.162. The molecule has 1 heterocycles. The molecule has 0 bridgehead atoms. The quantitative estimate of drug-likeness (QED) is 0.523. The van der Waals surface area contributed by atoms with Crippen LogP contribution in [0.2, 0.25) is 5.02 Å². The van der Waals surface area contributed by atoms with E-state index >= 15 is 0 Å². The maximum atomic E-state index is 12.0. The van der Waals surface area contributed by atoms with Gasteiger partial charge in [0.05, 0.1) is 31.6 Å². The molecule has 1 aromatic rings. The molecule has 0 saturated heterocycles. The lowest BCUT2D eigenvalue weighted by Gasteiger charge is -2.12. The molecule has 0 atom stereocenters. The Bertz CT molecular complexity index is 502. The first-order chi connectivity index (χ1) is 10.1. The normalized spacial score (nSPS) is 10.9. The van der Waals surface area contributed by atoms with Crippen molar-refractivity contribution in [1.29, 1.82) is 0 Å². The van der Waals surface area contributed by atoms with Crippen molar-refractivity contribution >= 4 is 17.3 Å². The number of hydrogen-bond acceptors (Lipinski definition) is 5.